The monoisotopic (exact) mass is 515 g/mol. The first-order chi connectivity index (χ1) is 17.1. The highest BCUT2D eigenvalue weighted by Gasteiger charge is 2.32. The van der Waals surface area contributed by atoms with E-state index in [0.29, 0.717) is 11.3 Å². The van der Waals surface area contributed by atoms with Crippen LogP contribution >= 0.6 is 0 Å². The molecule has 36 heavy (non-hydrogen) atoms. The first-order valence-corrected chi connectivity index (χ1v) is 12.4. The lowest BCUT2D eigenvalue weighted by molar-refractivity contribution is 0.409. The molecule has 0 amide bonds. The van der Waals surface area contributed by atoms with Crippen LogP contribution in [0.5, 0.6) is 5.75 Å². The van der Waals surface area contributed by atoms with Gasteiger partial charge in [0.05, 0.1) is 24.8 Å². The molecule has 4 aromatic rings. The predicted molar refractivity (Wildman–Crippen MR) is 128 cm³/mol. The van der Waals surface area contributed by atoms with Crippen LogP contribution in [0.3, 0.4) is 0 Å². The molecular formula is C23H23F2N7O3S. The van der Waals surface area contributed by atoms with Gasteiger partial charge < -0.3 is 4.74 Å². The van der Waals surface area contributed by atoms with Crippen molar-refractivity contribution < 1.29 is 21.9 Å². The third kappa shape index (κ3) is 4.87. The van der Waals surface area contributed by atoms with Gasteiger partial charge in [0.15, 0.2) is 11.6 Å². The van der Waals surface area contributed by atoms with Crippen molar-refractivity contribution in [2.45, 2.75) is 31.9 Å². The van der Waals surface area contributed by atoms with Gasteiger partial charge in [-0.05, 0) is 37.6 Å². The summed E-state index contributed by atoms with van der Waals surface area (Å²) in [6.07, 6.45) is 5.91. The maximum absolute atomic E-state index is 14.8. The molecular weight excluding hydrogens is 492 g/mol. The van der Waals surface area contributed by atoms with Gasteiger partial charge in [0.2, 0.25) is 16.0 Å². The molecule has 0 saturated carbocycles. The molecule has 10 nitrogen and oxygen atoms in total. The lowest BCUT2D eigenvalue weighted by Crippen LogP contribution is -2.31. The molecule has 0 saturated heterocycles. The maximum atomic E-state index is 14.8. The molecule has 2 atom stereocenters. The van der Waals surface area contributed by atoms with Gasteiger partial charge in [0.25, 0.3) is 0 Å². The molecule has 0 aliphatic carbocycles. The van der Waals surface area contributed by atoms with Crippen molar-refractivity contribution in [3.63, 3.8) is 0 Å². The van der Waals surface area contributed by atoms with Gasteiger partial charge in [-0.3, -0.25) is 14.3 Å². The Balaban J connectivity index is 1.77. The number of sulfonamides is 1. The fraction of sp³-hybridized carbons (Fsp3) is 0.261. The van der Waals surface area contributed by atoms with Gasteiger partial charge >= 0.3 is 0 Å². The van der Waals surface area contributed by atoms with Crippen LogP contribution in [0.4, 0.5) is 14.7 Å². The summed E-state index contributed by atoms with van der Waals surface area (Å²) in [6, 6.07) is 5.01. The summed E-state index contributed by atoms with van der Waals surface area (Å²) in [5.41, 5.74) is 0.625. The predicted octanol–water partition coefficient (Wildman–Crippen LogP) is 3.65. The molecule has 0 bridgehead atoms. The number of anilines is 1. The number of aromatic nitrogens is 6. The van der Waals surface area contributed by atoms with E-state index in [1.807, 2.05) is 0 Å². The number of nitrogens with zero attached hydrogens (tertiary/aromatic N) is 6. The summed E-state index contributed by atoms with van der Waals surface area (Å²) < 4.78 is 64.7. The van der Waals surface area contributed by atoms with Gasteiger partial charge in [-0.15, -0.1) is 10.2 Å². The van der Waals surface area contributed by atoms with Crippen molar-refractivity contribution in [1.82, 2.24) is 29.7 Å². The molecule has 0 aliphatic rings. The van der Waals surface area contributed by atoms with E-state index in [9.17, 15) is 17.2 Å². The molecule has 1 N–H and O–H groups in total. The number of ether oxygens (including phenoxy) is 1. The normalized spacial score (nSPS) is 13.3. The summed E-state index contributed by atoms with van der Waals surface area (Å²) in [7, 11) is -2.69. The van der Waals surface area contributed by atoms with Gasteiger partial charge in [-0.2, -0.15) is 0 Å². The Labute approximate surface area is 206 Å². The molecule has 1 aromatic carbocycles. The number of pyridine rings is 1. The molecule has 3 heterocycles. The van der Waals surface area contributed by atoms with Crippen molar-refractivity contribution in [1.29, 1.82) is 0 Å². The SMILES string of the molecule is COc1cnc([C@@H](C)[C@H](C)S(=O)(=O)Nc2nnc(-c3cncc(C)c3)n2-c2c(F)cccc2F)nc1. The third-order valence-corrected chi connectivity index (χ3v) is 7.53. The fourth-order valence-corrected chi connectivity index (χ4v) is 4.73. The Hall–Kier alpha value is -4.00. The fourth-order valence-electron chi connectivity index (χ4n) is 3.49. The summed E-state index contributed by atoms with van der Waals surface area (Å²) in [5.74, 6) is -2.16. The van der Waals surface area contributed by atoms with Crippen LogP contribution in [-0.2, 0) is 10.0 Å². The molecule has 0 radical (unpaired) electrons. The average Bonchev–Trinajstić information content (AvgIpc) is 3.25. The highest BCUT2D eigenvalue weighted by molar-refractivity contribution is 7.93. The van der Waals surface area contributed by atoms with Crippen LogP contribution in [0, 0.1) is 18.6 Å². The second kappa shape index (κ2) is 9.93. The van der Waals surface area contributed by atoms with E-state index in [-0.39, 0.29) is 17.6 Å². The lowest BCUT2D eigenvalue weighted by Gasteiger charge is -2.20. The van der Waals surface area contributed by atoms with E-state index in [1.165, 1.54) is 38.7 Å². The molecule has 3 aromatic heterocycles. The number of rotatable bonds is 8. The number of halogens is 2. The minimum Gasteiger partial charge on any atom is -0.494 e. The van der Waals surface area contributed by atoms with Crippen molar-refractivity contribution in [3.8, 4) is 22.8 Å². The number of hydrogen-bond acceptors (Lipinski definition) is 8. The zero-order valence-electron chi connectivity index (χ0n) is 19.8. The standard InChI is InChI=1S/C23H23F2N7O3S/c1-13-8-16(10-26-9-13)22-29-30-23(32(22)20-18(24)6-5-7-19(20)25)31-36(33,34)15(3)14(2)21-27-11-17(35-4)12-28-21/h5-12,14-15H,1-4H3,(H,30,31)/t14-,15-/m0/s1. The lowest BCUT2D eigenvalue weighted by atomic mass is 10.1. The van der Waals surface area contributed by atoms with E-state index in [2.05, 4.69) is 29.9 Å². The molecule has 188 valence electrons. The number of aryl methyl sites for hydroxylation is 1. The Bertz CT molecular complexity index is 1470. The summed E-state index contributed by atoms with van der Waals surface area (Å²) >= 11 is 0. The van der Waals surface area contributed by atoms with Crippen molar-refractivity contribution in [3.05, 3.63) is 72.1 Å². The third-order valence-electron chi connectivity index (χ3n) is 5.68. The second-order valence-corrected chi connectivity index (χ2v) is 10.2. The Morgan fingerprint density at radius 3 is 2.31 bits per heavy atom. The van der Waals surface area contributed by atoms with Crippen LogP contribution < -0.4 is 9.46 Å². The quantitative estimate of drug-likeness (QED) is 0.377. The van der Waals surface area contributed by atoms with Gasteiger partial charge in [0, 0.05) is 23.9 Å². The highest BCUT2D eigenvalue weighted by atomic mass is 32.2. The zero-order valence-corrected chi connectivity index (χ0v) is 20.7. The van der Waals surface area contributed by atoms with Crippen LogP contribution in [0.2, 0.25) is 0 Å². The van der Waals surface area contributed by atoms with E-state index in [4.69, 9.17) is 4.74 Å². The smallest absolute Gasteiger partial charge is 0.243 e. The summed E-state index contributed by atoms with van der Waals surface area (Å²) in [4.78, 5) is 12.4. The zero-order chi connectivity index (χ0) is 26.0. The number of benzene rings is 1. The number of para-hydroxylation sites is 1. The van der Waals surface area contributed by atoms with Crippen molar-refractivity contribution >= 4 is 16.0 Å². The molecule has 0 fully saturated rings. The van der Waals surface area contributed by atoms with Crippen LogP contribution in [-0.4, -0.2) is 50.5 Å². The molecule has 13 heteroatoms. The van der Waals surface area contributed by atoms with Gasteiger partial charge in [-0.25, -0.2) is 27.2 Å². The van der Waals surface area contributed by atoms with Crippen LogP contribution in [0.25, 0.3) is 17.1 Å². The number of nitrogens with one attached hydrogen (secondary N) is 1. The summed E-state index contributed by atoms with van der Waals surface area (Å²) in [6.45, 7) is 4.90. The van der Waals surface area contributed by atoms with E-state index < -0.39 is 38.5 Å². The first kappa shape index (κ1) is 25.1. The largest absolute Gasteiger partial charge is 0.494 e. The topological polar surface area (TPSA) is 125 Å². The number of hydrogen-bond donors (Lipinski definition) is 1. The second-order valence-electron chi connectivity index (χ2n) is 8.13. The Kier molecular flexibility index (Phi) is 6.93. The van der Waals surface area contributed by atoms with Crippen LogP contribution in [0.15, 0.2) is 49.1 Å². The first-order valence-electron chi connectivity index (χ1n) is 10.8. The van der Waals surface area contributed by atoms with Crippen LogP contribution in [0.1, 0.15) is 31.2 Å². The Morgan fingerprint density at radius 1 is 1.03 bits per heavy atom. The van der Waals surface area contributed by atoms with Crippen molar-refractivity contribution in [2.75, 3.05) is 11.8 Å². The minimum absolute atomic E-state index is 0.00656. The molecule has 0 unspecified atom stereocenters. The van der Waals surface area contributed by atoms with Crippen molar-refractivity contribution in [2.24, 2.45) is 0 Å². The molecule has 0 aliphatic heterocycles. The molecule has 0 spiro atoms. The highest BCUT2D eigenvalue weighted by Crippen LogP contribution is 2.30. The van der Waals surface area contributed by atoms with E-state index in [1.54, 1.807) is 26.1 Å². The number of methoxy groups -OCH3 is 1. The van der Waals surface area contributed by atoms with E-state index in [0.717, 1.165) is 22.3 Å². The van der Waals surface area contributed by atoms with Gasteiger partial charge in [0.1, 0.15) is 23.1 Å². The van der Waals surface area contributed by atoms with Gasteiger partial charge in [-0.1, -0.05) is 13.0 Å². The van der Waals surface area contributed by atoms with E-state index >= 15 is 0 Å². The minimum atomic E-state index is -4.15. The molecule has 4 rings (SSSR count). The summed E-state index contributed by atoms with van der Waals surface area (Å²) in [5, 5.41) is 6.89. The maximum Gasteiger partial charge on any atom is 0.243 e. The average molecular weight is 516 g/mol. The Morgan fingerprint density at radius 2 is 1.69 bits per heavy atom.